The van der Waals surface area contributed by atoms with Gasteiger partial charge in [0.25, 0.3) is 0 Å². The van der Waals surface area contributed by atoms with Gasteiger partial charge in [-0.25, -0.2) is 4.79 Å². The van der Waals surface area contributed by atoms with Crippen molar-refractivity contribution in [2.75, 3.05) is 17.7 Å². The minimum atomic E-state index is -0.286. The van der Waals surface area contributed by atoms with Gasteiger partial charge >= 0.3 is 6.03 Å². The number of nitrogens with one attached hydrogen (secondary N) is 2. The van der Waals surface area contributed by atoms with Gasteiger partial charge in [0.15, 0.2) is 0 Å². The van der Waals surface area contributed by atoms with Crippen LogP contribution >= 0.6 is 11.8 Å². The van der Waals surface area contributed by atoms with Crippen LogP contribution in [-0.2, 0) is 0 Å². The van der Waals surface area contributed by atoms with Crippen molar-refractivity contribution >= 4 is 29.2 Å². The summed E-state index contributed by atoms with van der Waals surface area (Å²) in [5.74, 6) is 0.746. The molecule has 0 spiro atoms. The molecule has 0 radical (unpaired) electrons. The quantitative estimate of drug-likeness (QED) is 0.640. The van der Waals surface area contributed by atoms with Gasteiger partial charge in [0.2, 0.25) is 0 Å². The molecule has 3 rings (SSSR count). The van der Waals surface area contributed by atoms with E-state index < -0.39 is 0 Å². The van der Waals surface area contributed by atoms with Crippen LogP contribution in [0.1, 0.15) is 0 Å². The standard InChI is InChI=1S/C20H18N2O2S/c1-24-16-13-11-15(12-14-16)21-20(23)22-18-9-5-6-10-19(18)25-17-7-3-2-4-8-17/h2-14H,1H3,(H2,21,22,23). The number of para-hydroxylation sites is 1. The fraction of sp³-hybridized carbons (Fsp3) is 0.0500. The summed E-state index contributed by atoms with van der Waals surface area (Å²) in [6.07, 6.45) is 0. The number of hydrogen-bond acceptors (Lipinski definition) is 3. The third kappa shape index (κ3) is 4.78. The van der Waals surface area contributed by atoms with Gasteiger partial charge in [-0.2, -0.15) is 0 Å². The Bertz CT molecular complexity index is 836. The zero-order valence-electron chi connectivity index (χ0n) is 13.7. The number of carbonyl (C=O) groups is 1. The second-order valence-electron chi connectivity index (χ2n) is 5.22. The van der Waals surface area contributed by atoms with Gasteiger partial charge in [-0.3, -0.25) is 0 Å². The Morgan fingerprint density at radius 1 is 0.840 bits per heavy atom. The maximum atomic E-state index is 12.3. The highest BCUT2D eigenvalue weighted by Gasteiger charge is 2.08. The molecule has 3 aromatic rings. The van der Waals surface area contributed by atoms with Gasteiger partial charge < -0.3 is 15.4 Å². The highest BCUT2D eigenvalue weighted by Crippen LogP contribution is 2.33. The lowest BCUT2D eigenvalue weighted by Crippen LogP contribution is -2.19. The predicted octanol–water partition coefficient (Wildman–Crippen LogP) is 5.49. The molecule has 2 amide bonds. The van der Waals surface area contributed by atoms with E-state index in [0.29, 0.717) is 5.69 Å². The zero-order chi connectivity index (χ0) is 17.5. The van der Waals surface area contributed by atoms with E-state index in [1.807, 2.05) is 54.6 Å². The molecule has 126 valence electrons. The molecule has 2 N–H and O–H groups in total. The minimum absolute atomic E-state index is 0.286. The third-order valence-electron chi connectivity index (χ3n) is 3.45. The molecule has 0 unspecified atom stereocenters. The molecule has 25 heavy (non-hydrogen) atoms. The van der Waals surface area contributed by atoms with Crippen molar-refractivity contribution in [3.05, 3.63) is 78.9 Å². The van der Waals surface area contributed by atoms with Gasteiger partial charge in [-0.1, -0.05) is 42.1 Å². The largest absolute Gasteiger partial charge is 0.497 e. The second-order valence-corrected chi connectivity index (χ2v) is 6.33. The number of ether oxygens (including phenoxy) is 1. The van der Waals surface area contributed by atoms with E-state index in [4.69, 9.17) is 4.74 Å². The predicted molar refractivity (Wildman–Crippen MR) is 103 cm³/mol. The van der Waals surface area contributed by atoms with Crippen LogP contribution in [0.3, 0.4) is 0 Å². The van der Waals surface area contributed by atoms with E-state index in [1.165, 1.54) is 0 Å². The van der Waals surface area contributed by atoms with Crippen molar-refractivity contribution in [3.8, 4) is 5.75 Å². The lowest BCUT2D eigenvalue weighted by atomic mass is 10.3. The molecule has 0 aliphatic rings. The number of anilines is 2. The molecule has 3 aromatic carbocycles. The number of amides is 2. The Kier molecular flexibility index (Phi) is 5.59. The number of benzene rings is 3. The lowest BCUT2D eigenvalue weighted by molar-refractivity contribution is 0.262. The van der Waals surface area contributed by atoms with Crippen LogP contribution in [0.5, 0.6) is 5.75 Å². The Labute approximate surface area is 151 Å². The van der Waals surface area contributed by atoms with E-state index in [9.17, 15) is 4.79 Å². The monoisotopic (exact) mass is 350 g/mol. The average molecular weight is 350 g/mol. The normalized spacial score (nSPS) is 10.1. The molecular weight excluding hydrogens is 332 g/mol. The fourth-order valence-corrected chi connectivity index (χ4v) is 3.16. The number of hydrogen-bond donors (Lipinski definition) is 2. The van der Waals surface area contributed by atoms with Crippen LogP contribution in [-0.4, -0.2) is 13.1 Å². The van der Waals surface area contributed by atoms with Crippen LogP contribution in [0.15, 0.2) is 88.7 Å². The van der Waals surface area contributed by atoms with Gasteiger partial charge in [0.1, 0.15) is 5.75 Å². The van der Waals surface area contributed by atoms with Crippen LogP contribution in [0.4, 0.5) is 16.2 Å². The molecule has 5 heteroatoms. The Morgan fingerprint density at radius 3 is 2.24 bits per heavy atom. The first-order chi connectivity index (χ1) is 12.2. The van der Waals surface area contributed by atoms with Crippen molar-refractivity contribution in [2.45, 2.75) is 9.79 Å². The van der Waals surface area contributed by atoms with E-state index in [2.05, 4.69) is 10.6 Å². The van der Waals surface area contributed by atoms with Gasteiger partial charge in [-0.15, -0.1) is 0 Å². The summed E-state index contributed by atoms with van der Waals surface area (Å²) < 4.78 is 5.11. The molecule has 0 heterocycles. The Morgan fingerprint density at radius 2 is 1.52 bits per heavy atom. The summed E-state index contributed by atoms with van der Waals surface area (Å²) >= 11 is 1.61. The molecule has 0 saturated heterocycles. The van der Waals surface area contributed by atoms with E-state index >= 15 is 0 Å². The third-order valence-corrected chi connectivity index (χ3v) is 4.54. The zero-order valence-corrected chi connectivity index (χ0v) is 14.5. The maximum absolute atomic E-state index is 12.3. The summed E-state index contributed by atoms with van der Waals surface area (Å²) in [6.45, 7) is 0. The van der Waals surface area contributed by atoms with E-state index in [-0.39, 0.29) is 6.03 Å². The molecule has 0 aliphatic heterocycles. The molecule has 0 atom stereocenters. The molecule has 4 nitrogen and oxygen atoms in total. The number of urea groups is 1. The smallest absolute Gasteiger partial charge is 0.323 e. The molecular formula is C20H18N2O2S. The molecule has 0 aliphatic carbocycles. The van der Waals surface area contributed by atoms with Crippen LogP contribution in [0.2, 0.25) is 0 Å². The number of rotatable bonds is 5. The summed E-state index contributed by atoms with van der Waals surface area (Å²) in [7, 11) is 1.61. The van der Waals surface area contributed by atoms with Crippen LogP contribution < -0.4 is 15.4 Å². The SMILES string of the molecule is COc1ccc(NC(=O)Nc2ccccc2Sc2ccccc2)cc1. The van der Waals surface area contributed by atoms with Crippen molar-refractivity contribution in [2.24, 2.45) is 0 Å². The first-order valence-corrected chi connectivity index (χ1v) is 8.60. The summed E-state index contributed by atoms with van der Waals surface area (Å²) in [4.78, 5) is 14.4. The van der Waals surface area contributed by atoms with E-state index in [0.717, 1.165) is 21.2 Å². The van der Waals surface area contributed by atoms with Gasteiger partial charge in [-0.05, 0) is 48.5 Å². The van der Waals surface area contributed by atoms with Crippen molar-refractivity contribution in [3.63, 3.8) is 0 Å². The first kappa shape index (κ1) is 16.9. The molecule has 0 fully saturated rings. The van der Waals surface area contributed by atoms with E-state index in [1.54, 1.807) is 43.1 Å². The topological polar surface area (TPSA) is 50.4 Å². The first-order valence-electron chi connectivity index (χ1n) is 7.78. The summed E-state index contributed by atoms with van der Waals surface area (Å²) in [5.41, 5.74) is 1.47. The van der Waals surface area contributed by atoms with Crippen molar-refractivity contribution in [1.29, 1.82) is 0 Å². The van der Waals surface area contributed by atoms with Crippen molar-refractivity contribution in [1.82, 2.24) is 0 Å². The number of methoxy groups -OCH3 is 1. The van der Waals surface area contributed by atoms with Crippen LogP contribution in [0.25, 0.3) is 0 Å². The molecule has 0 saturated carbocycles. The summed E-state index contributed by atoms with van der Waals surface area (Å²) in [5, 5.41) is 5.72. The lowest BCUT2D eigenvalue weighted by Gasteiger charge is -2.12. The molecule has 0 aromatic heterocycles. The highest BCUT2D eigenvalue weighted by molar-refractivity contribution is 7.99. The Balaban J connectivity index is 1.68. The Hall–Kier alpha value is -2.92. The van der Waals surface area contributed by atoms with Crippen molar-refractivity contribution < 1.29 is 9.53 Å². The molecule has 0 bridgehead atoms. The minimum Gasteiger partial charge on any atom is -0.497 e. The van der Waals surface area contributed by atoms with Crippen LogP contribution in [0, 0.1) is 0 Å². The van der Waals surface area contributed by atoms with Gasteiger partial charge in [0.05, 0.1) is 12.8 Å². The second kappa shape index (κ2) is 8.26. The maximum Gasteiger partial charge on any atom is 0.323 e. The summed E-state index contributed by atoms with van der Waals surface area (Å²) in [6, 6.07) is 24.7. The fourth-order valence-electron chi connectivity index (χ4n) is 2.23. The highest BCUT2D eigenvalue weighted by atomic mass is 32.2. The number of carbonyl (C=O) groups excluding carboxylic acids is 1. The average Bonchev–Trinajstić information content (AvgIpc) is 2.65. The van der Waals surface area contributed by atoms with Gasteiger partial charge in [0, 0.05) is 15.5 Å².